The molecule has 1 aliphatic heterocycles. The highest BCUT2D eigenvalue weighted by molar-refractivity contribution is 5.96. The van der Waals surface area contributed by atoms with Gasteiger partial charge in [0.2, 0.25) is 5.91 Å². The molecule has 0 bridgehead atoms. The molecule has 1 aromatic rings. The van der Waals surface area contributed by atoms with Gasteiger partial charge in [-0.3, -0.25) is 9.59 Å². The molecule has 114 valence electrons. The van der Waals surface area contributed by atoms with Crippen LogP contribution in [0.1, 0.15) is 16.8 Å². The van der Waals surface area contributed by atoms with Crippen LogP contribution >= 0.6 is 0 Å². The summed E-state index contributed by atoms with van der Waals surface area (Å²) >= 11 is 0. The van der Waals surface area contributed by atoms with Crippen molar-refractivity contribution in [2.75, 3.05) is 45.5 Å². The van der Waals surface area contributed by atoms with Crippen molar-refractivity contribution in [2.24, 2.45) is 0 Å². The summed E-state index contributed by atoms with van der Waals surface area (Å²) in [5.74, 6) is -0.288. The molecule has 1 fully saturated rings. The lowest BCUT2D eigenvalue weighted by molar-refractivity contribution is -0.129. The Morgan fingerprint density at radius 3 is 2.57 bits per heavy atom. The molecule has 1 aliphatic rings. The first-order valence-corrected chi connectivity index (χ1v) is 7.16. The first kappa shape index (κ1) is 15.3. The van der Waals surface area contributed by atoms with Gasteiger partial charge in [0, 0.05) is 30.9 Å². The average Bonchev–Trinajstić information content (AvgIpc) is 2.70. The van der Waals surface area contributed by atoms with E-state index in [-0.39, 0.29) is 18.4 Å². The molecule has 6 heteroatoms. The maximum atomic E-state index is 12.1. The molecular weight excluding hydrogens is 268 g/mol. The van der Waals surface area contributed by atoms with E-state index < -0.39 is 0 Å². The monoisotopic (exact) mass is 290 g/mol. The van der Waals surface area contributed by atoms with Crippen molar-refractivity contribution in [3.8, 4) is 0 Å². The predicted octanol–water partition coefficient (Wildman–Crippen LogP) is 0.163. The number of benzene rings is 1. The molecule has 1 aromatic carbocycles. The van der Waals surface area contributed by atoms with Crippen molar-refractivity contribution < 1.29 is 9.59 Å². The Hall–Kier alpha value is -2.08. The van der Waals surface area contributed by atoms with E-state index in [2.05, 4.69) is 17.3 Å². The molecule has 0 saturated carbocycles. The van der Waals surface area contributed by atoms with Crippen LogP contribution in [-0.2, 0) is 4.79 Å². The topological polar surface area (TPSA) is 78.7 Å². The van der Waals surface area contributed by atoms with Crippen molar-refractivity contribution in [3.05, 3.63) is 29.8 Å². The van der Waals surface area contributed by atoms with Crippen LogP contribution in [-0.4, -0.2) is 61.4 Å². The third-order valence-electron chi connectivity index (χ3n) is 3.65. The number of nitrogens with two attached hydrogens (primary N) is 1. The molecule has 0 radical (unpaired) electrons. The van der Waals surface area contributed by atoms with Crippen LogP contribution in [0.25, 0.3) is 0 Å². The molecule has 1 heterocycles. The van der Waals surface area contributed by atoms with Gasteiger partial charge in [-0.15, -0.1) is 0 Å². The van der Waals surface area contributed by atoms with E-state index in [1.807, 2.05) is 4.90 Å². The summed E-state index contributed by atoms with van der Waals surface area (Å²) in [6.07, 6.45) is 0.966. The van der Waals surface area contributed by atoms with Crippen molar-refractivity contribution in [1.29, 1.82) is 0 Å². The third-order valence-corrected chi connectivity index (χ3v) is 3.65. The number of rotatable bonds is 3. The lowest BCUT2D eigenvalue weighted by Gasteiger charge is -2.20. The van der Waals surface area contributed by atoms with Gasteiger partial charge in [0.05, 0.1) is 6.54 Å². The van der Waals surface area contributed by atoms with Crippen LogP contribution in [0.15, 0.2) is 24.3 Å². The van der Waals surface area contributed by atoms with Crippen LogP contribution in [0.5, 0.6) is 0 Å². The summed E-state index contributed by atoms with van der Waals surface area (Å²) in [6.45, 7) is 3.38. The summed E-state index contributed by atoms with van der Waals surface area (Å²) < 4.78 is 0. The third kappa shape index (κ3) is 4.46. The van der Waals surface area contributed by atoms with Gasteiger partial charge in [-0.05, 0) is 44.3 Å². The zero-order valence-electron chi connectivity index (χ0n) is 12.3. The van der Waals surface area contributed by atoms with Gasteiger partial charge < -0.3 is 20.9 Å². The van der Waals surface area contributed by atoms with E-state index in [0.717, 1.165) is 26.1 Å². The van der Waals surface area contributed by atoms with Crippen LogP contribution < -0.4 is 11.1 Å². The van der Waals surface area contributed by atoms with Crippen molar-refractivity contribution >= 4 is 17.5 Å². The largest absolute Gasteiger partial charge is 0.399 e. The Bertz CT molecular complexity index is 501. The zero-order valence-corrected chi connectivity index (χ0v) is 12.3. The molecule has 0 atom stereocenters. The van der Waals surface area contributed by atoms with Gasteiger partial charge in [0.1, 0.15) is 0 Å². The fraction of sp³-hybridized carbons (Fsp3) is 0.467. The van der Waals surface area contributed by atoms with Gasteiger partial charge in [-0.25, -0.2) is 0 Å². The molecule has 0 unspecified atom stereocenters. The second-order valence-corrected chi connectivity index (χ2v) is 5.34. The minimum atomic E-state index is -0.254. The zero-order chi connectivity index (χ0) is 15.2. The Balaban J connectivity index is 1.83. The summed E-state index contributed by atoms with van der Waals surface area (Å²) in [4.78, 5) is 28.1. The quantitative estimate of drug-likeness (QED) is 0.778. The van der Waals surface area contributed by atoms with Gasteiger partial charge in [0.15, 0.2) is 0 Å². The number of likely N-dealkylation sites (N-methyl/N-ethyl adjacent to an activating group) is 1. The normalized spacial score (nSPS) is 16.3. The van der Waals surface area contributed by atoms with E-state index >= 15 is 0 Å². The van der Waals surface area contributed by atoms with Crippen molar-refractivity contribution in [2.45, 2.75) is 6.42 Å². The van der Waals surface area contributed by atoms with Crippen LogP contribution in [0.2, 0.25) is 0 Å². The first-order valence-electron chi connectivity index (χ1n) is 7.16. The minimum Gasteiger partial charge on any atom is -0.399 e. The summed E-state index contributed by atoms with van der Waals surface area (Å²) in [6, 6.07) is 6.63. The molecule has 2 amide bonds. The summed E-state index contributed by atoms with van der Waals surface area (Å²) in [5, 5.41) is 2.66. The molecule has 3 N–H and O–H groups in total. The second-order valence-electron chi connectivity index (χ2n) is 5.34. The number of hydrogen-bond donors (Lipinski definition) is 2. The van der Waals surface area contributed by atoms with Gasteiger partial charge in [0.25, 0.3) is 5.91 Å². The Kier molecular flexibility index (Phi) is 5.16. The molecular formula is C15H22N4O2. The lowest BCUT2D eigenvalue weighted by atomic mass is 10.2. The van der Waals surface area contributed by atoms with Crippen LogP contribution in [0.4, 0.5) is 5.69 Å². The molecule has 21 heavy (non-hydrogen) atoms. The second kappa shape index (κ2) is 7.08. The molecule has 0 aromatic heterocycles. The smallest absolute Gasteiger partial charge is 0.251 e. The molecule has 6 nitrogen and oxygen atoms in total. The highest BCUT2D eigenvalue weighted by Gasteiger charge is 2.18. The number of nitrogens with one attached hydrogen (secondary N) is 1. The van der Waals surface area contributed by atoms with Gasteiger partial charge >= 0.3 is 0 Å². The van der Waals surface area contributed by atoms with E-state index in [1.54, 1.807) is 24.3 Å². The summed E-state index contributed by atoms with van der Waals surface area (Å²) in [7, 11) is 2.05. The lowest BCUT2D eigenvalue weighted by Crippen LogP contribution is -2.41. The van der Waals surface area contributed by atoms with Crippen LogP contribution in [0.3, 0.4) is 0 Å². The van der Waals surface area contributed by atoms with E-state index in [4.69, 9.17) is 5.73 Å². The SMILES string of the molecule is CN1CCCN(C(=O)CNC(=O)c2ccc(N)cc2)CC1. The highest BCUT2D eigenvalue weighted by atomic mass is 16.2. The minimum absolute atomic E-state index is 0.0332. The van der Waals surface area contributed by atoms with E-state index in [0.29, 0.717) is 17.8 Å². The highest BCUT2D eigenvalue weighted by Crippen LogP contribution is 2.05. The van der Waals surface area contributed by atoms with Gasteiger partial charge in [-0.1, -0.05) is 0 Å². The van der Waals surface area contributed by atoms with E-state index in [1.165, 1.54) is 0 Å². The van der Waals surface area contributed by atoms with Crippen molar-refractivity contribution in [1.82, 2.24) is 15.1 Å². The Labute approximate surface area is 124 Å². The fourth-order valence-electron chi connectivity index (χ4n) is 2.30. The molecule has 0 aliphatic carbocycles. The maximum Gasteiger partial charge on any atom is 0.251 e. The number of carbonyl (C=O) groups is 2. The summed E-state index contributed by atoms with van der Waals surface area (Å²) in [5.41, 5.74) is 6.69. The predicted molar refractivity (Wildman–Crippen MR) is 81.9 cm³/mol. The maximum absolute atomic E-state index is 12.1. The first-order chi connectivity index (χ1) is 10.1. The average molecular weight is 290 g/mol. The molecule has 1 saturated heterocycles. The Morgan fingerprint density at radius 2 is 1.86 bits per heavy atom. The fourth-order valence-corrected chi connectivity index (χ4v) is 2.30. The number of nitrogens with zero attached hydrogens (tertiary/aromatic N) is 2. The number of anilines is 1. The standard InChI is InChI=1S/C15H22N4O2/c1-18-7-2-8-19(10-9-18)14(20)11-17-15(21)12-3-5-13(16)6-4-12/h3-6H,2,7-11,16H2,1H3,(H,17,21). The number of amides is 2. The van der Waals surface area contributed by atoms with Crippen molar-refractivity contribution in [3.63, 3.8) is 0 Å². The number of nitrogen functional groups attached to an aromatic ring is 1. The Morgan fingerprint density at radius 1 is 1.14 bits per heavy atom. The van der Waals surface area contributed by atoms with Crippen LogP contribution in [0, 0.1) is 0 Å². The number of carbonyl (C=O) groups excluding carboxylic acids is 2. The molecule has 2 rings (SSSR count). The molecule has 0 spiro atoms. The number of hydrogen-bond acceptors (Lipinski definition) is 4. The van der Waals surface area contributed by atoms with Gasteiger partial charge in [-0.2, -0.15) is 0 Å². The van der Waals surface area contributed by atoms with E-state index in [9.17, 15) is 9.59 Å².